The molecule has 1 N–H and O–H groups in total. The molecule has 19 heavy (non-hydrogen) atoms. The molecule has 112 valence electrons. The maximum Gasteiger partial charge on any atom is 0.0253 e. The van der Waals surface area contributed by atoms with E-state index >= 15 is 0 Å². The van der Waals surface area contributed by atoms with Gasteiger partial charge in [-0.05, 0) is 38.0 Å². The van der Waals surface area contributed by atoms with Gasteiger partial charge in [0.05, 0.1) is 0 Å². The number of rotatable bonds is 2. The highest BCUT2D eigenvalue weighted by Crippen LogP contribution is 2.36. The second-order valence-corrected chi connectivity index (χ2v) is 8.08. The van der Waals surface area contributed by atoms with Crippen LogP contribution in [0.3, 0.4) is 0 Å². The van der Waals surface area contributed by atoms with Crippen molar-refractivity contribution in [3.8, 4) is 0 Å². The van der Waals surface area contributed by atoms with Crippen molar-refractivity contribution in [3.05, 3.63) is 0 Å². The summed E-state index contributed by atoms with van der Waals surface area (Å²) in [6, 6.07) is 1.52. The summed E-state index contributed by atoms with van der Waals surface area (Å²) in [7, 11) is 0. The Kier molecular flexibility index (Phi) is 4.62. The normalized spacial score (nSPS) is 40.6. The lowest BCUT2D eigenvalue weighted by Crippen LogP contribution is -2.66. The molecule has 2 aliphatic rings. The highest BCUT2D eigenvalue weighted by atomic mass is 15.3. The second-order valence-electron chi connectivity index (χ2n) is 8.08. The average Bonchev–Trinajstić information content (AvgIpc) is 2.31. The van der Waals surface area contributed by atoms with Crippen molar-refractivity contribution in [3.63, 3.8) is 0 Å². The first kappa shape index (κ1) is 15.3. The number of piperazine rings is 1. The summed E-state index contributed by atoms with van der Waals surface area (Å²) in [5.74, 6) is 2.49. The minimum Gasteiger partial charge on any atom is -0.309 e. The van der Waals surface area contributed by atoms with Crippen molar-refractivity contribution in [2.45, 2.75) is 78.4 Å². The van der Waals surface area contributed by atoms with Gasteiger partial charge in [-0.25, -0.2) is 0 Å². The lowest BCUT2D eigenvalue weighted by atomic mass is 9.75. The van der Waals surface area contributed by atoms with Crippen LogP contribution >= 0.6 is 0 Å². The molecule has 0 bridgehead atoms. The van der Waals surface area contributed by atoms with E-state index in [-0.39, 0.29) is 5.54 Å². The largest absolute Gasteiger partial charge is 0.309 e. The SMILES string of the molecule is CC(C)C1CNC(C)(C)CN1C1CCCC(C)C1C. The van der Waals surface area contributed by atoms with E-state index in [2.05, 4.69) is 51.8 Å². The van der Waals surface area contributed by atoms with Gasteiger partial charge in [-0.3, -0.25) is 4.90 Å². The Morgan fingerprint density at radius 3 is 2.47 bits per heavy atom. The van der Waals surface area contributed by atoms with Crippen molar-refractivity contribution < 1.29 is 0 Å². The van der Waals surface area contributed by atoms with Crippen LogP contribution in [0.5, 0.6) is 0 Å². The van der Waals surface area contributed by atoms with Gasteiger partial charge in [0.25, 0.3) is 0 Å². The first-order valence-corrected chi connectivity index (χ1v) is 8.32. The lowest BCUT2D eigenvalue weighted by molar-refractivity contribution is -0.0140. The molecule has 2 fully saturated rings. The van der Waals surface area contributed by atoms with Crippen LogP contribution in [0.15, 0.2) is 0 Å². The molecule has 2 heteroatoms. The number of hydrogen-bond acceptors (Lipinski definition) is 2. The van der Waals surface area contributed by atoms with Gasteiger partial charge in [0.15, 0.2) is 0 Å². The number of nitrogens with one attached hydrogen (secondary N) is 1. The van der Waals surface area contributed by atoms with Crippen LogP contribution < -0.4 is 5.32 Å². The van der Waals surface area contributed by atoms with Gasteiger partial charge in [-0.1, -0.05) is 40.5 Å². The van der Waals surface area contributed by atoms with Gasteiger partial charge in [0, 0.05) is 30.7 Å². The summed E-state index contributed by atoms with van der Waals surface area (Å²) in [5.41, 5.74) is 0.270. The maximum absolute atomic E-state index is 3.74. The summed E-state index contributed by atoms with van der Waals surface area (Å²) in [4.78, 5) is 2.86. The Bertz CT molecular complexity index is 298. The molecule has 0 aromatic heterocycles. The fourth-order valence-electron chi connectivity index (χ4n) is 4.13. The van der Waals surface area contributed by atoms with Crippen LogP contribution in [0.1, 0.15) is 60.8 Å². The van der Waals surface area contributed by atoms with Gasteiger partial charge < -0.3 is 5.32 Å². The maximum atomic E-state index is 3.74. The van der Waals surface area contributed by atoms with E-state index in [0.29, 0.717) is 6.04 Å². The van der Waals surface area contributed by atoms with Crippen LogP contribution in [0.4, 0.5) is 0 Å². The second kappa shape index (κ2) is 5.73. The summed E-state index contributed by atoms with van der Waals surface area (Å²) in [6.07, 6.45) is 4.26. The van der Waals surface area contributed by atoms with E-state index in [1.165, 1.54) is 25.8 Å². The Labute approximate surface area is 120 Å². The molecule has 2 nitrogen and oxygen atoms in total. The van der Waals surface area contributed by atoms with Crippen LogP contribution in [-0.4, -0.2) is 35.6 Å². The molecule has 1 aliphatic heterocycles. The van der Waals surface area contributed by atoms with E-state index in [1.807, 2.05) is 0 Å². The Hall–Kier alpha value is -0.0800. The predicted molar refractivity (Wildman–Crippen MR) is 83.4 cm³/mol. The zero-order chi connectivity index (χ0) is 14.2. The Morgan fingerprint density at radius 2 is 1.84 bits per heavy atom. The topological polar surface area (TPSA) is 15.3 Å². The molecule has 0 amide bonds. The minimum absolute atomic E-state index is 0.270. The Morgan fingerprint density at radius 1 is 1.16 bits per heavy atom. The fraction of sp³-hybridized carbons (Fsp3) is 1.00. The highest BCUT2D eigenvalue weighted by molar-refractivity contribution is 4.98. The molecule has 1 saturated heterocycles. The molecule has 2 rings (SSSR count). The Balaban J connectivity index is 2.16. The summed E-state index contributed by atoms with van der Waals surface area (Å²) < 4.78 is 0. The molecule has 1 heterocycles. The van der Waals surface area contributed by atoms with E-state index in [1.54, 1.807) is 0 Å². The fourth-order valence-corrected chi connectivity index (χ4v) is 4.13. The summed E-state index contributed by atoms with van der Waals surface area (Å²) in [5, 5.41) is 3.74. The molecule has 1 aliphatic carbocycles. The van der Waals surface area contributed by atoms with Crippen LogP contribution in [0.2, 0.25) is 0 Å². The van der Waals surface area contributed by atoms with Crippen LogP contribution in [0, 0.1) is 17.8 Å². The lowest BCUT2D eigenvalue weighted by Gasteiger charge is -2.53. The summed E-state index contributed by atoms with van der Waals surface area (Å²) in [6.45, 7) is 16.8. The molecular formula is C17H34N2. The first-order chi connectivity index (χ1) is 8.82. The van der Waals surface area contributed by atoms with E-state index < -0.39 is 0 Å². The monoisotopic (exact) mass is 266 g/mol. The van der Waals surface area contributed by atoms with Gasteiger partial charge in [-0.2, -0.15) is 0 Å². The molecule has 4 unspecified atom stereocenters. The first-order valence-electron chi connectivity index (χ1n) is 8.32. The van der Waals surface area contributed by atoms with Crippen molar-refractivity contribution >= 4 is 0 Å². The van der Waals surface area contributed by atoms with Crippen LogP contribution in [-0.2, 0) is 0 Å². The third kappa shape index (κ3) is 3.33. The smallest absolute Gasteiger partial charge is 0.0253 e. The predicted octanol–water partition coefficient (Wildman–Crippen LogP) is 3.52. The summed E-state index contributed by atoms with van der Waals surface area (Å²) >= 11 is 0. The highest BCUT2D eigenvalue weighted by Gasteiger charge is 2.41. The van der Waals surface area contributed by atoms with Crippen molar-refractivity contribution in [1.82, 2.24) is 10.2 Å². The third-order valence-corrected chi connectivity index (χ3v) is 5.65. The van der Waals surface area contributed by atoms with Crippen LogP contribution in [0.25, 0.3) is 0 Å². The molecule has 0 aromatic rings. The van der Waals surface area contributed by atoms with Crippen molar-refractivity contribution in [2.24, 2.45) is 17.8 Å². The van der Waals surface area contributed by atoms with E-state index in [0.717, 1.165) is 30.3 Å². The quantitative estimate of drug-likeness (QED) is 0.822. The van der Waals surface area contributed by atoms with E-state index in [4.69, 9.17) is 0 Å². The zero-order valence-corrected chi connectivity index (χ0v) is 13.9. The van der Waals surface area contributed by atoms with Crippen molar-refractivity contribution in [1.29, 1.82) is 0 Å². The van der Waals surface area contributed by atoms with Gasteiger partial charge in [0.1, 0.15) is 0 Å². The molecule has 1 saturated carbocycles. The number of hydrogen-bond donors (Lipinski definition) is 1. The molecule has 0 radical (unpaired) electrons. The van der Waals surface area contributed by atoms with Gasteiger partial charge >= 0.3 is 0 Å². The number of nitrogens with zero attached hydrogens (tertiary/aromatic N) is 1. The standard InChI is InChI=1S/C17H34N2/c1-12(2)16-10-18-17(5,6)11-19(16)15-9-7-8-13(3)14(15)4/h12-16,18H,7-11H2,1-6H3. The minimum atomic E-state index is 0.270. The molecular weight excluding hydrogens is 232 g/mol. The van der Waals surface area contributed by atoms with Crippen molar-refractivity contribution in [2.75, 3.05) is 13.1 Å². The molecule has 0 aromatic carbocycles. The zero-order valence-electron chi connectivity index (χ0n) is 13.9. The average molecular weight is 266 g/mol. The van der Waals surface area contributed by atoms with E-state index in [9.17, 15) is 0 Å². The van der Waals surface area contributed by atoms with Gasteiger partial charge in [-0.15, -0.1) is 0 Å². The molecule has 4 atom stereocenters. The molecule has 0 spiro atoms. The van der Waals surface area contributed by atoms with Gasteiger partial charge in [0.2, 0.25) is 0 Å². The third-order valence-electron chi connectivity index (χ3n) is 5.65.